The fraction of sp³-hybridized carbons (Fsp3) is 0.233. The van der Waals surface area contributed by atoms with Crippen LogP contribution in [0.3, 0.4) is 0 Å². The summed E-state index contributed by atoms with van der Waals surface area (Å²) < 4.78 is 47.3. The number of nitrogens with one attached hydrogen (secondary N) is 2. The van der Waals surface area contributed by atoms with E-state index in [1.807, 2.05) is 6.07 Å². The summed E-state index contributed by atoms with van der Waals surface area (Å²) in [5.74, 6) is 0.261. The van der Waals surface area contributed by atoms with E-state index in [4.69, 9.17) is 4.74 Å². The molecule has 0 saturated carbocycles. The Morgan fingerprint density at radius 1 is 1.02 bits per heavy atom. The van der Waals surface area contributed by atoms with Crippen molar-refractivity contribution in [3.63, 3.8) is 0 Å². The van der Waals surface area contributed by atoms with Gasteiger partial charge >= 0.3 is 6.18 Å². The minimum atomic E-state index is -4.42. The Morgan fingerprint density at radius 3 is 2.50 bits per heavy atom. The summed E-state index contributed by atoms with van der Waals surface area (Å²) in [5.41, 5.74) is 3.01. The lowest BCUT2D eigenvalue weighted by molar-refractivity contribution is -0.124. The molecule has 2 aromatic heterocycles. The second kappa shape index (κ2) is 13.1. The number of likely N-dealkylation sites (N-methyl/N-ethyl adjacent to an activating group) is 1. The highest BCUT2D eigenvalue weighted by Crippen LogP contribution is 2.39. The molecule has 10 heteroatoms. The number of rotatable bonds is 11. The molecule has 7 nitrogen and oxygen atoms in total. The van der Waals surface area contributed by atoms with Gasteiger partial charge in [-0.3, -0.25) is 9.89 Å². The van der Waals surface area contributed by atoms with Crippen molar-refractivity contribution >= 4 is 28.0 Å². The Bertz CT molecular complexity index is 1480. The summed E-state index contributed by atoms with van der Waals surface area (Å²) >= 11 is 0. The molecule has 0 unspecified atom stereocenters. The first-order chi connectivity index (χ1) is 19.2. The molecule has 2 aromatic carbocycles. The van der Waals surface area contributed by atoms with Crippen LogP contribution in [0.25, 0.3) is 22.0 Å². The molecule has 0 aliphatic rings. The van der Waals surface area contributed by atoms with Crippen molar-refractivity contribution in [1.29, 1.82) is 0 Å². The number of hydrogen-bond acceptors (Lipinski definition) is 5. The molecule has 2 heterocycles. The van der Waals surface area contributed by atoms with Gasteiger partial charge in [0.15, 0.2) is 0 Å². The van der Waals surface area contributed by atoms with Crippen LogP contribution < -0.4 is 10.1 Å². The molecular formula is C30H30F3N5O2. The highest BCUT2D eigenvalue weighted by molar-refractivity contribution is 6.00. The minimum absolute atomic E-state index is 0.0916. The second-order valence-electron chi connectivity index (χ2n) is 9.26. The molecule has 4 aromatic rings. The number of aromatic nitrogens is 3. The molecule has 2 N–H and O–H groups in total. The average molecular weight is 550 g/mol. The van der Waals surface area contributed by atoms with Crippen molar-refractivity contribution < 1.29 is 22.7 Å². The minimum Gasteiger partial charge on any atom is -0.476 e. The maximum atomic E-state index is 13.9. The predicted molar refractivity (Wildman–Crippen MR) is 150 cm³/mol. The van der Waals surface area contributed by atoms with Crippen molar-refractivity contribution in [1.82, 2.24) is 25.4 Å². The first-order valence-corrected chi connectivity index (χ1v) is 12.7. The Hall–Kier alpha value is -4.44. The number of benzene rings is 2. The van der Waals surface area contributed by atoms with Crippen LogP contribution >= 0.6 is 0 Å². The van der Waals surface area contributed by atoms with Gasteiger partial charge in [0.1, 0.15) is 6.61 Å². The van der Waals surface area contributed by atoms with E-state index in [-0.39, 0.29) is 11.5 Å². The van der Waals surface area contributed by atoms with Crippen molar-refractivity contribution in [3.05, 3.63) is 102 Å². The van der Waals surface area contributed by atoms with E-state index < -0.39 is 12.6 Å². The molecule has 1 amide bonds. The summed E-state index contributed by atoms with van der Waals surface area (Å²) in [7, 11) is 3.36. The van der Waals surface area contributed by atoms with Gasteiger partial charge in [-0.15, -0.1) is 0 Å². The fourth-order valence-corrected chi connectivity index (χ4v) is 4.12. The number of carbonyl (C=O) groups excluding carboxylic acids is 1. The number of nitrogens with zero attached hydrogens (tertiary/aromatic N) is 3. The van der Waals surface area contributed by atoms with Crippen LogP contribution in [-0.4, -0.2) is 66.0 Å². The van der Waals surface area contributed by atoms with E-state index in [0.717, 1.165) is 10.9 Å². The van der Waals surface area contributed by atoms with Crippen LogP contribution in [0.2, 0.25) is 0 Å². The molecule has 0 bridgehead atoms. The number of ether oxygens (including phenoxy) is 1. The van der Waals surface area contributed by atoms with Crippen molar-refractivity contribution in [2.75, 3.05) is 33.8 Å². The van der Waals surface area contributed by atoms with Gasteiger partial charge in [-0.05, 0) is 40.5 Å². The molecule has 0 radical (unpaired) electrons. The molecule has 0 saturated heterocycles. The molecule has 208 valence electrons. The number of pyridine rings is 1. The lowest BCUT2D eigenvalue weighted by Gasteiger charge is -2.19. The Balaban J connectivity index is 1.58. The number of fused-ring (bicyclic) bond motifs is 1. The molecule has 0 spiro atoms. The predicted octanol–water partition coefficient (Wildman–Crippen LogP) is 5.48. The van der Waals surface area contributed by atoms with Crippen LogP contribution in [0.4, 0.5) is 13.2 Å². The highest BCUT2D eigenvalue weighted by atomic mass is 19.4. The molecule has 0 fully saturated rings. The smallest absolute Gasteiger partial charge is 0.393 e. The monoisotopic (exact) mass is 549 g/mol. The Labute approximate surface area is 230 Å². The van der Waals surface area contributed by atoms with Crippen LogP contribution in [-0.2, 0) is 4.79 Å². The molecule has 0 atom stereocenters. The van der Waals surface area contributed by atoms with Gasteiger partial charge in [0.2, 0.25) is 11.8 Å². The van der Waals surface area contributed by atoms with Crippen LogP contribution in [0, 0.1) is 0 Å². The fourth-order valence-electron chi connectivity index (χ4n) is 4.12. The van der Waals surface area contributed by atoms with Gasteiger partial charge in [0, 0.05) is 56.5 Å². The number of carbonyl (C=O) groups is 1. The largest absolute Gasteiger partial charge is 0.476 e. The van der Waals surface area contributed by atoms with Crippen molar-refractivity contribution in [3.8, 4) is 5.88 Å². The van der Waals surface area contributed by atoms with E-state index in [1.165, 1.54) is 17.2 Å². The summed E-state index contributed by atoms with van der Waals surface area (Å²) in [6.07, 6.45) is 0.873. The van der Waals surface area contributed by atoms with Gasteiger partial charge in [0.25, 0.3) is 0 Å². The normalized spacial score (nSPS) is 12.5. The van der Waals surface area contributed by atoms with E-state index in [0.29, 0.717) is 47.8 Å². The third-order valence-corrected chi connectivity index (χ3v) is 6.05. The third kappa shape index (κ3) is 7.79. The van der Waals surface area contributed by atoms with Gasteiger partial charge in [-0.2, -0.15) is 18.3 Å². The topological polar surface area (TPSA) is 83.1 Å². The zero-order chi connectivity index (χ0) is 28.5. The average Bonchev–Trinajstić information content (AvgIpc) is 3.41. The molecule has 0 aliphatic heterocycles. The molecule has 0 aliphatic carbocycles. The lowest BCUT2D eigenvalue weighted by Crippen LogP contribution is -2.22. The molecular weight excluding hydrogens is 519 g/mol. The first kappa shape index (κ1) is 28.6. The summed E-state index contributed by atoms with van der Waals surface area (Å²) in [6, 6.07) is 17.4. The van der Waals surface area contributed by atoms with E-state index >= 15 is 0 Å². The third-order valence-electron chi connectivity index (χ3n) is 6.05. The summed E-state index contributed by atoms with van der Waals surface area (Å²) in [6.45, 7) is 1.35. The maximum Gasteiger partial charge on any atom is 0.393 e. The Morgan fingerprint density at radius 2 is 1.80 bits per heavy atom. The molecule has 40 heavy (non-hydrogen) atoms. The maximum absolute atomic E-state index is 13.9. The number of halogens is 3. The number of H-pyrrole nitrogens is 1. The van der Waals surface area contributed by atoms with Crippen LogP contribution in [0.15, 0.2) is 85.2 Å². The highest BCUT2D eigenvalue weighted by Gasteiger charge is 2.31. The van der Waals surface area contributed by atoms with E-state index in [2.05, 4.69) is 20.5 Å². The van der Waals surface area contributed by atoms with E-state index in [1.54, 1.807) is 81.0 Å². The second-order valence-corrected chi connectivity index (χ2v) is 9.26. The van der Waals surface area contributed by atoms with Gasteiger partial charge < -0.3 is 15.0 Å². The Kier molecular flexibility index (Phi) is 9.34. The summed E-state index contributed by atoms with van der Waals surface area (Å²) in [4.78, 5) is 17.4. The van der Waals surface area contributed by atoms with Crippen molar-refractivity contribution in [2.24, 2.45) is 0 Å². The standard InChI is InChI=1S/C30H30F3N5O2/c1-38(2)28(39)9-6-14-34-15-16-40-27-13-11-23(19-35-27)29(22-10-12-26-24(17-22)20-36-37-26)25(18-30(31,32)33)21-7-4-3-5-8-21/h3-13,17,19-20,34H,14-16,18H2,1-2H3,(H,36,37)/b9-6+,29-25-. The van der Waals surface area contributed by atoms with Crippen LogP contribution in [0.1, 0.15) is 23.1 Å². The number of hydrogen-bond donors (Lipinski definition) is 2. The van der Waals surface area contributed by atoms with Gasteiger partial charge in [0.05, 0.1) is 18.1 Å². The number of allylic oxidation sites excluding steroid dienone is 1. The number of alkyl halides is 3. The van der Waals surface area contributed by atoms with Crippen molar-refractivity contribution in [2.45, 2.75) is 12.6 Å². The zero-order valence-corrected chi connectivity index (χ0v) is 22.2. The SMILES string of the molecule is CN(C)C(=O)/C=C/CNCCOc1ccc(/C(=C(/CC(F)(F)F)c2ccccc2)c2ccc3[nH]ncc3c2)cn1. The zero-order valence-electron chi connectivity index (χ0n) is 22.2. The first-order valence-electron chi connectivity index (χ1n) is 12.7. The van der Waals surface area contributed by atoms with E-state index in [9.17, 15) is 18.0 Å². The molecule has 4 rings (SSSR count). The summed E-state index contributed by atoms with van der Waals surface area (Å²) in [5, 5.41) is 10.8. The van der Waals surface area contributed by atoms with Gasteiger partial charge in [-0.25, -0.2) is 4.98 Å². The number of aromatic amines is 1. The van der Waals surface area contributed by atoms with Gasteiger partial charge in [-0.1, -0.05) is 42.5 Å². The lowest BCUT2D eigenvalue weighted by atomic mass is 9.88. The number of amides is 1. The van der Waals surface area contributed by atoms with Crippen LogP contribution in [0.5, 0.6) is 5.88 Å². The quantitative estimate of drug-likeness (QED) is 0.147.